The number of carbonyl (C=O) groups excluding carboxylic acids is 1. The normalized spacial score (nSPS) is 12.8. The van der Waals surface area contributed by atoms with Gasteiger partial charge in [-0.25, -0.2) is 9.89 Å². The lowest BCUT2D eigenvalue weighted by Crippen LogP contribution is -2.26. The summed E-state index contributed by atoms with van der Waals surface area (Å²) in [5, 5.41) is 8.99. The molecule has 9 heteroatoms. The molecule has 0 saturated carbocycles. The fourth-order valence-corrected chi connectivity index (χ4v) is 3.37. The largest absolute Gasteiger partial charge is 0.486 e. The van der Waals surface area contributed by atoms with Crippen molar-refractivity contribution in [1.29, 1.82) is 0 Å². The quantitative estimate of drug-likeness (QED) is 0.614. The number of aryl methyl sites for hydroxylation is 1. The van der Waals surface area contributed by atoms with Crippen molar-refractivity contribution in [2.75, 3.05) is 19.8 Å². The monoisotopic (exact) mass is 383 g/mol. The molecule has 1 aliphatic heterocycles. The Hall–Kier alpha value is -3.49. The molecule has 0 aliphatic carbocycles. The number of aromatic amines is 2. The highest BCUT2D eigenvalue weighted by Crippen LogP contribution is 2.33. The smallest absolute Gasteiger partial charge is 0.340 e. The Morgan fingerprint density at radius 2 is 2.00 bits per heavy atom. The minimum atomic E-state index is -0.357. The van der Waals surface area contributed by atoms with E-state index in [1.807, 2.05) is 42.7 Å². The van der Waals surface area contributed by atoms with Gasteiger partial charge in [-0.1, -0.05) is 0 Å². The molecule has 3 heterocycles. The van der Waals surface area contributed by atoms with Gasteiger partial charge in [0.25, 0.3) is 5.91 Å². The Morgan fingerprint density at radius 3 is 2.75 bits per heavy atom. The number of benzene rings is 1. The van der Waals surface area contributed by atoms with Gasteiger partial charge in [0.15, 0.2) is 11.5 Å². The van der Waals surface area contributed by atoms with Gasteiger partial charge in [0.2, 0.25) is 0 Å². The van der Waals surface area contributed by atoms with Crippen molar-refractivity contribution >= 4 is 5.91 Å². The lowest BCUT2D eigenvalue weighted by atomic mass is 10.2. The summed E-state index contributed by atoms with van der Waals surface area (Å²) in [4.78, 5) is 26.2. The molecule has 2 aromatic heterocycles. The maximum atomic E-state index is 12.6. The molecule has 0 spiro atoms. The van der Waals surface area contributed by atoms with Gasteiger partial charge in [-0.15, -0.1) is 0 Å². The van der Waals surface area contributed by atoms with Crippen molar-refractivity contribution < 1.29 is 14.3 Å². The van der Waals surface area contributed by atoms with Crippen LogP contribution >= 0.6 is 0 Å². The van der Waals surface area contributed by atoms with Crippen LogP contribution in [0.25, 0.3) is 5.69 Å². The summed E-state index contributed by atoms with van der Waals surface area (Å²) in [6, 6.07) is 7.61. The van der Waals surface area contributed by atoms with Crippen LogP contribution in [0.5, 0.6) is 11.5 Å². The van der Waals surface area contributed by atoms with Crippen LogP contribution in [-0.2, 0) is 6.42 Å². The van der Waals surface area contributed by atoms with Crippen molar-refractivity contribution in [2.45, 2.75) is 20.3 Å². The number of hydrogen-bond donors (Lipinski definition) is 3. The molecule has 3 N–H and O–H groups in total. The Balaban J connectivity index is 1.52. The Kier molecular flexibility index (Phi) is 4.64. The van der Waals surface area contributed by atoms with E-state index in [-0.39, 0.29) is 11.6 Å². The van der Waals surface area contributed by atoms with Crippen LogP contribution in [0.3, 0.4) is 0 Å². The zero-order chi connectivity index (χ0) is 19.7. The minimum absolute atomic E-state index is 0.172. The van der Waals surface area contributed by atoms with Crippen molar-refractivity contribution in [3.8, 4) is 17.2 Å². The van der Waals surface area contributed by atoms with E-state index < -0.39 is 0 Å². The summed E-state index contributed by atoms with van der Waals surface area (Å²) in [6.45, 7) is 5.30. The standard InChI is InChI=1S/C19H21N5O4/c1-11-9-14(18(25)20-6-5-17-21-19(26)23-22-17)12(2)24(11)13-3-4-15-16(10-13)28-8-7-27-15/h3-4,9-10H,5-8H2,1-2H3,(H,20,25)(H2,21,22,23,26). The lowest BCUT2D eigenvalue weighted by molar-refractivity contribution is 0.0953. The fourth-order valence-electron chi connectivity index (χ4n) is 3.37. The number of carbonyl (C=O) groups is 1. The van der Waals surface area contributed by atoms with Crippen LogP contribution < -0.4 is 20.5 Å². The molecule has 146 valence electrons. The second-order valence-electron chi connectivity index (χ2n) is 6.58. The van der Waals surface area contributed by atoms with Crippen LogP contribution in [0.15, 0.2) is 29.1 Å². The topological polar surface area (TPSA) is 114 Å². The van der Waals surface area contributed by atoms with Crippen molar-refractivity contribution in [3.63, 3.8) is 0 Å². The first-order valence-corrected chi connectivity index (χ1v) is 9.03. The second-order valence-corrected chi connectivity index (χ2v) is 6.58. The van der Waals surface area contributed by atoms with E-state index in [4.69, 9.17) is 9.47 Å². The summed E-state index contributed by atoms with van der Waals surface area (Å²) < 4.78 is 13.3. The maximum Gasteiger partial charge on any atom is 0.340 e. The number of amides is 1. The molecule has 0 radical (unpaired) electrons. The molecule has 4 rings (SSSR count). The minimum Gasteiger partial charge on any atom is -0.486 e. The number of nitrogens with one attached hydrogen (secondary N) is 3. The van der Waals surface area contributed by atoms with Crippen LogP contribution in [0, 0.1) is 13.8 Å². The predicted octanol–water partition coefficient (Wildman–Crippen LogP) is 1.25. The average molecular weight is 383 g/mol. The van der Waals surface area contributed by atoms with E-state index in [2.05, 4.69) is 20.5 Å². The number of ether oxygens (including phenoxy) is 2. The number of rotatable bonds is 5. The zero-order valence-electron chi connectivity index (χ0n) is 15.7. The van der Waals surface area contributed by atoms with E-state index in [0.29, 0.717) is 43.3 Å². The van der Waals surface area contributed by atoms with Gasteiger partial charge in [-0.05, 0) is 32.0 Å². The number of hydrogen-bond acceptors (Lipinski definition) is 5. The van der Waals surface area contributed by atoms with Crippen LogP contribution in [0.4, 0.5) is 0 Å². The molecule has 9 nitrogen and oxygen atoms in total. The number of aromatic nitrogens is 4. The number of fused-ring (bicyclic) bond motifs is 1. The van der Waals surface area contributed by atoms with Crippen LogP contribution in [0.2, 0.25) is 0 Å². The third-order valence-corrected chi connectivity index (χ3v) is 4.66. The summed E-state index contributed by atoms with van der Waals surface area (Å²) >= 11 is 0. The summed E-state index contributed by atoms with van der Waals surface area (Å²) in [5.74, 6) is 1.77. The summed E-state index contributed by atoms with van der Waals surface area (Å²) in [6.07, 6.45) is 0.436. The van der Waals surface area contributed by atoms with E-state index in [1.165, 1.54) is 0 Å². The van der Waals surface area contributed by atoms with Crippen molar-refractivity contribution in [3.05, 3.63) is 57.5 Å². The van der Waals surface area contributed by atoms with Gasteiger partial charge in [0.05, 0.1) is 5.56 Å². The molecular weight excluding hydrogens is 362 g/mol. The molecule has 0 atom stereocenters. The van der Waals surface area contributed by atoms with Crippen LogP contribution in [0.1, 0.15) is 27.6 Å². The van der Waals surface area contributed by atoms with Gasteiger partial charge >= 0.3 is 5.69 Å². The van der Waals surface area contributed by atoms with Gasteiger partial charge in [-0.2, -0.15) is 5.10 Å². The molecule has 1 aliphatic rings. The first-order valence-electron chi connectivity index (χ1n) is 9.03. The molecule has 1 amide bonds. The predicted molar refractivity (Wildman–Crippen MR) is 101 cm³/mol. The van der Waals surface area contributed by atoms with Gasteiger partial charge in [-0.3, -0.25) is 9.78 Å². The van der Waals surface area contributed by atoms with Crippen molar-refractivity contribution in [1.82, 2.24) is 25.1 Å². The highest BCUT2D eigenvalue weighted by atomic mass is 16.6. The third kappa shape index (κ3) is 3.38. The van der Waals surface area contributed by atoms with E-state index in [1.54, 1.807) is 0 Å². The van der Waals surface area contributed by atoms with E-state index in [0.717, 1.165) is 22.8 Å². The fraction of sp³-hybridized carbons (Fsp3) is 0.316. The molecular formula is C19H21N5O4. The molecule has 28 heavy (non-hydrogen) atoms. The highest BCUT2D eigenvalue weighted by molar-refractivity contribution is 5.95. The molecule has 0 fully saturated rings. The van der Waals surface area contributed by atoms with E-state index in [9.17, 15) is 9.59 Å². The molecule has 0 saturated heterocycles. The zero-order valence-corrected chi connectivity index (χ0v) is 15.7. The molecule has 1 aromatic carbocycles. The van der Waals surface area contributed by atoms with Gasteiger partial charge in [0.1, 0.15) is 19.0 Å². The highest BCUT2D eigenvalue weighted by Gasteiger charge is 2.19. The first kappa shape index (κ1) is 17.9. The Labute approximate surface area is 160 Å². The SMILES string of the molecule is Cc1cc(C(=O)NCCc2n[nH]c(=O)[nH]2)c(C)n1-c1ccc2c(c1)OCCO2. The van der Waals surface area contributed by atoms with Crippen molar-refractivity contribution in [2.24, 2.45) is 0 Å². The molecule has 3 aromatic rings. The summed E-state index contributed by atoms with van der Waals surface area (Å²) in [5.41, 5.74) is 2.93. The third-order valence-electron chi connectivity index (χ3n) is 4.66. The molecule has 0 bridgehead atoms. The first-order chi connectivity index (χ1) is 13.5. The van der Waals surface area contributed by atoms with E-state index >= 15 is 0 Å². The lowest BCUT2D eigenvalue weighted by Gasteiger charge is -2.20. The van der Waals surface area contributed by atoms with Gasteiger partial charge < -0.3 is 19.4 Å². The van der Waals surface area contributed by atoms with Crippen LogP contribution in [-0.4, -0.2) is 45.4 Å². The maximum absolute atomic E-state index is 12.6. The Morgan fingerprint density at radius 1 is 1.21 bits per heavy atom. The van der Waals surface area contributed by atoms with Gasteiger partial charge in [0, 0.05) is 36.1 Å². The molecule has 0 unspecified atom stereocenters. The Bertz CT molecular complexity index is 1080. The number of H-pyrrole nitrogens is 2. The average Bonchev–Trinajstić information content (AvgIpc) is 3.23. The number of nitrogens with zero attached hydrogens (tertiary/aromatic N) is 2. The summed E-state index contributed by atoms with van der Waals surface area (Å²) in [7, 11) is 0. The second kappa shape index (κ2) is 7.26.